The number of hydrogen-bond donors (Lipinski definition) is 9. The summed E-state index contributed by atoms with van der Waals surface area (Å²) in [5.41, 5.74) is 12.2. The molecule has 2 aromatic rings. The molecule has 222 valence electrons. The second-order valence-corrected chi connectivity index (χ2v) is 9.22. The Bertz CT molecular complexity index is 1220. The van der Waals surface area contributed by atoms with Crippen molar-refractivity contribution < 1.29 is 44.1 Å². The summed E-state index contributed by atoms with van der Waals surface area (Å²) in [5, 5.41) is 34.8. The number of hydrogen-bond acceptors (Lipinski definition) is 9. The molecular weight excluding hydrogens is 542 g/mol. The second-order valence-electron chi connectivity index (χ2n) is 9.22. The van der Waals surface area contributed by atoms with Gasteiger partial charge in [-0.2, -0.15) is 0 Å². The van der Waals surface area contributed by atoms with Crippen molar-refractivity contribution in [2.24, 2.45) is 11.5 Å². The SMILES string of the molecule is NC(=O)CCC(NC(=O)C(N)Cc1ccc(O)cc1)C(=O)NC(Cc1cnc[nH]1)C(=O)NC(CCC(=O)O)C(=O)O. The lowest BCUT2D eigenvalue weighted by molar-refractivity contribution is -0.143. The number of carbonyl (C=O) groups is 6. The summed E-state index contributed by atoms with van der Waals surface area (Å²) < 4.78 is 0. The molecule has 4 unspecified atom stereocenters. The molecule has 1 heterocycles. The molecule has 41 heavy (non-hydrogen) atoms. The Kier molecular flexibility index (Phi) is 12.2. The number of H-pyrrole nitrogens is 1. The summed E-state index contributed by atoms with van der Waals surface area (Å²) >= 11 is 0. The van der Waals surface area contributed by atoms with E-state index in [1.807, 2.05) is 0 Å². The van der Waals surface area contributed by atoms with Gasteiger partial charge >= 0.3 is 11.9 Å². The van der Waals surface area contributed by atoms with Gasteiger partial charge < -0.3 is 47.7 Å². The van der Waals surface area contributed by atoms with E-state index >= 15 is 0 Å². The van der Waals surface area contributed by atoms with Crippen LogP contribution in [0.3, 0.4) is 0 Å². The Balaban J connectivity index is 2.19. The van der Waals surface area contributed by atoms with E-state index < -0.39 is 72.6 Å². The first-order valence-electron chi connectivity index (χ1n) is 12.5. The van der Waals surface area contributed by atoms with Crippen LogP contribution < -0.4 is 27.4 Å². The van der Waals surface area contributed by atoms with Gasteiger partial charge in [0.05, 0.1) is 12.4 Å². The van der Waals surface area contributed by atoms with Gasteiger partial charge in [0.1, 0.15) is 23.9 Å². The molecule has 0 fully saturated rings. The van der Waals surface area contributed by atoms with Crippen LogP contribution in [0, 0.1) is 0 Å². The number of aromatic amines is 1. The number of aromatic hydroxyl groups is 1. The predicted octanol–water partition coefficient (Wildman–Crippen LogP) is -2.10. The van der Waals surface area contributed by atoms with Crippen LogP contribution in [-0.4, -0.2) is 85.0 Å². The minimum Gasteiger partial charge on any atom is -0.508 e. The van der Waals surface area contributed by atoms with E-state index in [0.717, 1.165) is 0 Å². The fraction of sp³-hybridized carbons (Fsp3) is 0.400. The predicted molar refractivity (Wildman–Crippen MR) is 141 cm³/mol. The van der Waals surface area contributed by atoms with Gasteiger partial charge in [0.25, 0.3) is 0 Å². The van der Waals surface area contributed by atoms with Gasteiger partial charge in [-0.1, -0.05) is 12.1 Å². The van der Waals surface area contributed by atoms with Gasteiger partial charge in [0.15, 0.2) is 0 Å². The highest BCUT2D eigenvalue weighted by atomic mass is 16.4. The molecule has 0 aliphatic carbocycles. The number of carboxylic acids is 2. The van der Waals surface area contributed by atoms with Crippen molar-refractivity contribution >= 4 is 35.6 Å². The summed E-state index contributed by atoms with van der Waals surface area (Å²) in [6.45, 7) is 0. The zero-order valence-electron chi connectivity index (χ0n) is 21.9. The molecule has 2 rings (SSSR count). The van der Waals surface area contributed by atoms with Gasteiger partial charge in [0.2, 0.25) is 23.6 Å². The van der Waals surface area contributed by atoms with E-state index in [1.165, 1.54) is 24.7 Å². The summed E-state index contributed by atoms with van der Waals surface area (Å²) in [6, 6.07) is 0.586. The van der Waals surface area contributed by atoms with Crippen molar-refractivity contribution in [2.45, 2.75) is 62.7 Å². The van der Waals surface area contributed by atoms with Gasteiger partial charge in [-0.15, -0.1) is 0 Å². The van der Waals surface area contributed by atoms with Gasteiger partial charge in [0, 0.05) is 31.2 Å². The summed E-state index contributed by atoms with van der Waals surface area (Å²) in [7, 11) is 0. The number of amides is 4. The van der Waals surface area contributed by atoms with Crippen molar-refractivity contribution in [1.29, 1.82) is 0 Å². The van der Waals surface area contributed by atoms with E-state index in [1.54, 1.807) is 12.1 Å². The van der Waals surface area contributed by atoms with Crippen LogP contribution >= 0.6 is 0 Å². The van der Waals surface area contributed by atoms with E-state index in [9.17, 15) is 39.0 Å². The van der Waals surface area contributed by atoms with Crippen LogP contribution in [0.5, 0.6) is 5.75 Å². The Labute approximate surface area is 233 Å². The smallest absolute Gasteiger partial charge is 0.326 e. The van der Waals surface area contributed by atoms with Crippen LogP contribution in [0.1, 0.15) is 36.9 Å². The van der Waals surface area contributed by atoms with Crippen LogP contribution in [0.2, 0.25) is 0 Å². The number of benzene rings is 1. The Hall–Kier alpha value is -4.99. The molecule has 0 radical (unpaired) electrons. The van der Waals surface area contributed by atoms with Gasteiger partial charge in [-0.25, -0.2) is 9.78 Å². The Morgan fingerprint density at radius 2 is 1.41 bits per heavy atom. The molecule has 4 amide bonds. The van der Waals surface area contributed by atoms with Crippen LogP contribution in [-0.2, 0) is 41.6 Å². The largest absolute Gasteiger partial charge is 0.508 e. The number of aliphatic carboxylic acids is 2. The molecule has 16 nitrogen and oxygen atoms in total. The number of primary amides is 1. The zero-order chi connectivity index (χ0) is 30.5. The quantitative estimate of drug-likeness (QED) is 0.0984. The average molecular weight is 576 g/mol. The molecule has 0 aliphatic heterocycles. The molecule has 0 spiro atoms. The Morgan fingerprint density at radius 3 is 1.98 bits per heavy atom. The highest BCUT2D eigenvalue weighted by molar-refractivity contribution is 5.94. The van der Waals surface area contributed by atoms with Crippen molar-refractivity contribution in [2.75, 3.05) is 0 Å². The highest BCUT2D eigenvalue weighted by Crippen LogP contribution is 2.11. The number of carbonyl (C=O) groups excluding carboxylic acids is 4. The van der Waals surface area contributed by atoms with Crippen LogP contribution in [0.25, 0.3) is 0 Å². The first-order chi connectivity index (χ1) is 19.3. The number of phenols is 1. The monoisotopic (exact) mass is 575 g/mol. The molecule has 1 aromatic heterocycles. The molecule has 0 saturated heterocycles. The van der Waals surface area contributed by atoms with Gasteiger partial charge in [-0.05, 0) is 37.0 Å². The third kappa shape index (κ3) is 11.3. The first-order valence-corrected chi connectivity index (χ1v) is 12.5. The van der Waals surface area contributed by atoms with Gasteiger partial charge in [-0.3, -0.25) is 24.0 Å². The first kappa shape index (κ1) is 32.2. The highest BCUT2D eigenvalue weighted by Gasteiger charge is 2.31. The lowest BCUT2D eigenvalue weighted by Gasteiger charge is -2.25. The molecular formula is C25H33N7O9. The van der Waals surface area contributed by atoms with E-state index in [4.69, 9.17) is 16.6 Å². The number of nitrogens with two attached hydrogens (primary N) is 2. The number of carboxylic acid groups (broad SMARTS) is 2. The summed E-state index contributed by atoms with van der Waals surface area (Å²) in [6.07, 6.45) is 1.14. The summed E-state index contributed by atoms with van der Waals surface area (Å²) in [5.74, 6) is -6.01. The maximum absolute atomic E-state index is 13.2. The van der Waals surface area contributed by atoms with Crippen molar-refractivity contribution in [3.8, 4) is 5.75 Å². The maximum atomic E-state index is 13.2. The molecule has 1 aromatic carbocycles. The number of nitrogens with one attached hydrogen (secondary N) is 4. The van der Waals surface area contributed by atoms with Crippen molar-refractivity contribution in [3.05, 3.63) is 48.0 Å². The molecule has 16 heteroatoms. The Morgan fingerprint density at radius 1 is 0.829 bits per heavy atom. The maximum Gasteiger partial charge on any atom is 0.326 e. The van der Waals surface area contributed by atoms with Crippen LogP contribution in [0.15, 0.2) is 36.8 Å². The zero-order valence-corrected chi connectivity index (χ0v) is 21.9. The minimum atomic E-state index is -1.55. The summed E-state index contributed by atoms with van der Waals surface area (Å²) in [4.78, 5) is 79.5. The lowest BCUT2D eigenvalue weighted by atomic mass is 10.0. The number of rotatable bonds is 17. The van der Waals surface area contributed by atoms with E-state index in [-0.39, 0.29) is 31.4 Å². The molecule has 11 N–H and O–H groups in total. The number of nitrogens with zero attached hydrogens (tertiary/aromatic N) is 1. The second kappa shape index (κ2) is 15.6. The lowest BCUT2D eigenvalue weighted by Crippen LogP contribution is -2.58. The third-order valence-electron chi connectivity index (χ3n) is 5.91. The molecule has 0 saturated carbocycles. The number of aromatic nitrogens is 2. The number of phenolic OH excluding ortho intramolecular Hbond substituents is 1. The van der Waals surface area contributed by atoms with E-state index in [0.29, 0.717) is 11.3 Å². The van der Waals surface area contributed by atoms with E-state index in [2.05, 4.69) is 25.9 Å². The normalized spacial score (nSPS) is 13.7. The third-order valence-corrected chi connectivity index (χ3v) is 5.91. The fourth-order valence-electron chi connectivity index (χ4n) is 3.71. The van der Waals surface area contributed by atoms with Crippen LogP contribution in [0.4, 0.5) is 0 Å². The average Bonchev–Trinajstić information content (AvgIpc) is 3.42. The molecule has 4 atom stereocenters. The molecule has 0 bridgehead atoms. The minimum absolute atomic E-state index is 0.0280. The standard InChI is InChI=1S/C25H33N7O9/c26-16(9-13-1-3-15(33)4-2-13)22(37)30-17(5-7-20(27)34)23(38)32-19(10-14-11-28-12-29-14)24(39)31-18(25(40)41)6-8-21(35)36/h1-4,11-12,16-19,33H,5-10,26H2,(H2,27,34)(H,28,29)(H,30,37)(H,31,39)(H,32,38)(H,35,36)(H,40,41). The molecule has 0 aliphatic rings. The van der Waals surface area contributed by atoms with Crippen molar-refractivity contribution in [1.82, 2.24) is 25.9 Å². The van der Waals surface area contributed by atoms with Crippen molar-refractivity contribution in [3.63, 3.8) is 0 Å². The number of imidazole rings is 1. The fourth-order valence-corrected chi connectivity index (χ4v) is 3.71. The topological polar surface area (TPSA) is 280 Å².